The summed E-state index contributed by atoms with van der Waals surface area (Å²) >= 11 is 1.66. The zero-order chi connectivity index (χ0) is 30.8. The molecule has 0 N–H and O–H groups in total. The number of benzene rings is 2. The first kappa shape index (κ1) is 30.5. The first-order valence-electron chi connectivity index (χ1n) is 17.0. The van der Waals surface area contributed by atoms with Gasteiger partial charge in [-0.05, 0) is 105 Å². The van der Waals surface area contributed by atoms with Crippen LogP contribution in [0.15, 0.2) is 60.8 Å². The van der Waals surface area contributed by atoms with Crippen molar-refractivity contribution in [1.29, 1.82) is 0 Å². The van der Waals surface area contributed by atoms with Crippen LogP contribution in [0.1, 0.15) is 71.4 Å². The summed E-state index contributed by atoms with van der Waals surface area (Å²) < 4.78 is 6.39. The molecule has 4 fully saturated rings. The summed E-state index contributed by atoms with van der Waals surface area (Å²) in [5, 5.41) is 3.25. The molecule has 4 heterocycles. The number of rotatable bonds is 9. The van der Waals surface area contributed by atoms with Crippen LogP contribution in [-0.2, 0) is 0 Å². The van der Waals surface area contributed by atoms with Gasteiger partial charge in [0.1, 0.15) is 0 Å². The van der Waals surface area contributed by atoms with Crippen molar-refractivity contribution in [2.24, 2.45) is 23.7 Å². The number of likely N-dealkylation sites (tertiary alicyclic amines) is 2. The van der Waals surface area contributed by atoms with Gasteiger partial charge in [0.15, 0.2) is 11.6 Å². The molecule has 236 valence electrons. The Morgan fingerprint density at radius 3 is 2.09 bits per heavy atom. The molecule has 0 spiro atoms. The largest absolute Gasteiger partial charge is 0.481 e. The first-order valence-corrected chi connectivity index (χ1v) is 17.8. The quantitative estimate of drug-likeness (QED) is 0.178. The number of carbonyl (C=O) groups is 2. The van der Waals surface area contributed by atoms with E-state index in [0.29, 0.717) is 11.7 Å². The highest BCUT2D eigenvalue weighted by Crippen LogP contribution is 2.34. The molecule has 0 radical (unpaired) electrons. The predicted octanol–water partition coefficient (Wildman–Crippen LogP) is 7.75. The molecule has 2 aliphatic carbocycles. The summed E-state index contributed by atoms with van der Waals surface area (Å²) in [7, 11) is 1.61. The van der Waals surface area contributed by atoms with Gasteiger partial charge in [-0.3, -0.25) is 9.59 Å². The lowest BCUT2D eigenvalue weighted by atomic mass is 9.89. The van der Waals surface area contributed by atoms with Crippen molar-refractivity contribution < 1.29 is 14.3 Å². The molecule has 4 aliphatic rings. The van der Waals surface area contributed by atoms with Crippen molar-refractivity contribution in [2.45, 2.75) is 51.4 Å². The van der Waals surface area contributed by atoms with Crippen LogP contribution in [0.3, 0.4) is 0 Å². The molecular weight excluding hydrogens is 579 g/mol. The summed E-state index contributed by atoms with van der Waals surface area (Å²) in [6, 6.07) is 18.2. The first-order chi connectivity index (χ1) is 22.0. The van der Waals surface area contributed by atoms with Gasteiger partial charge in [0, 0.05) is 65.9 Å². The average molecular weight is 624 g/mol. The Morgan fingerprint density at radius 2 is 1.44 bits per heavy atom. The Bertz CT molecular complexity index is 1630. The molecule has 2 aliphatic heterocycles. The third-order valence-electron chi connectivity index (χ3n) is 10.0. The van der Waals surface area contributed by atoms with E-state index in [-0.39, 0.29) is 17.6 Å². The molecule has 0 amide bonds. The number of fused-ring (bicyclic) bond motifs is 2. The van der Waals surface area contributed by atoms with Gasteiger partial charge in [-0.2, -0.15) is 0 Å². The number of pyridine rings is 1. The Labute approximate surface area is 270 Å². The number of thiophene rings is 1. The van der Waals surface area contributed by atoms with E-state index in [1.54, 1.807) is 24.6 Å². The van der Waals surface area contributed by atoms with Crippen LogP contribution in [0.2, 0.25) is 0 Å². The number of hydrogen-bond donors (Lipinski definition) is 0. The summed E-state index contributed by atoms with van der Waals surface area (Å²) in [5.74, 6) is 3.42. The minimum absolute atomic E-state index is 0.140. The molecule has 2 saturated heterocycles. The van der Waals surface area contributed by atoms with E-state index in [1.165, 1.54) is 61.8 Å². The van der Waals surface area contributed by atoms with E-state index in [2.05, 4.69) is 33.0 Å². The third kappa shape index (κ3) is 7.65. The number of nitrogens with zero attached hydrogens (tertiary/aromatic N) is 3. The molecule has 2 unspecified atom stereocenters. The van der Waals surface area contributed by atoms with Crippen molar-refractivity contribution >= 4 is 43.8 Å². The molecule has 2 aromatic heterocycles. The number of aromatic nitrogens is 1. The maximum absolute atomic E-state index is 12.9. The standard InChI is InChI=1S/C20H24N2O2.C18H21NOS/c1-24-19-10-15-6-7-16(9-18(15)11-21-19)20(23)17-3-2-8-22(13-17)12-14-4-5-14;20-18(17-10-14-4-1-2-6-16(14)21-17)15-5-3-9-19(12-15)11-13-7-8-13/h6-7,9-11,14,17H,2-5,8,12-13H2,1H3;1-2,4,6,10,13,15H,3,5,7-9,11-12H2. The Balaban J connectivity index is 0.000000146. The highest BCUT2D eigenvalue weighted by Gasteiger charge is 2.32. The van der Waals surface area contributed by atoms with Crippen molar-refractivity contribution in [2.75, 3.05) is 46.4 Å². The average Bonchev–Trinajstić information content (AvgIpc) is 4.03. The number of piperidine rings is 2. The molecule has 0 bridgehead atoms. The topological polar surface area (TPSA) is 62.7 Å². The van der Waals surface area contributed by atoms with Crippen LogP contribution >= 0.6 is 11.3 Å². The monoisotopic (exact) mass is 623 g/mol. The molecule has 6 nitrogen and oxygen atoms in total. The lowest BCUT2D eigenvalue weighted by molar-refractivity contribution is 0.0810. The van der Waals surface area contributed by atoms with Crippen LogP contribution in [0.25, 0.3) is 20.9 Å². The summed E-state index contributed by atoms with van der Waals surface area (Å²) in [4.78, 5) is 36.0. The minimum atomic E-state index is 0.140. The number of methoxy groups -OCH3 is 1. The molecule has 2 aromatic carbocycles. The van der Waals surface area contributed by atoms with Gasteiger partial charge in [0.25, 0.3) is 0 Å². The van der Waals surface area contributed by atoms with E-state index in [9.17, 15) is 9.59 Å². The van der Waals surface area contributed by atoms with Crippen LogP contribution in [0.4, 0.5) is 0 Å². The smallest absolute Gasteiger partial charge is 0.213 e. The fourth-order valence-electron chi connectivity index (χ4n) is 7.13. The molecule has 7 heteroatoms. The molecule has 8 rings (SSSR count). The highest BCUT2D eigenvalue weighted by atomic mass is 32.1. The normalized spacial score (nSPS) is 22.6. The number of Topliss-reactive ketones (excluding diaryl/α,β-unsaturated/α-hetero) is 2. The second-order valence-electron chi connectivity index (χ2n) is 13.7. The van der Waals surface area contributed by atoms with Gasteiger partial charge >= 0.3 is 0 Å². The number of ether oxygens (including phenoxy) is 1. The Kier molecular flexibility index (Phi) is 9.29. The zero-order valence-corrected chi connectivity index (χ0v) is 27.3. The summed E-state index contributed by atoms with van der Waals surface area (Å²) in [6.45, 7) is 6.65. The van der Waals surface area contributed by atoms with Crippen molar-refractivity contribution in [1.82, 2.24) is 14.8 Å². The molecule has 45 heavy (non-hydrogen) atoms. The highest BCUT2D eigenvalue weighted by molar-refractivity contribution is 7.20. The lowest BCUT2D eigenvalue weighted by Crippen LogP contribution is -2.39. The van der Waals surface area contributed by atoms with Gasteiger partial charge < -0.3 is 14.5 Å². The summed E-state index contributed by atoms with van der Waals surface area (Å²) in [6.07, 6.45) is 11.7. The Hall–Kier alpha value is -3.13. The second-order valence-corrected chi connectivity index (χ2v) is 14.8. The second kappa shape index (κ2) is 13.7. The van der Waals surface area contributed by atoms with Crippen LogP contribution in [-0.4, -0.2) is 72.7 Å². The fourth-order valence-corrected chi connectivity index (χ4v) is 8.21. The zero-order valence-electron chi connectivity index (χ0n) is 26.5. The SMILES string of the molecule is COc1cc2ccc(C(=O)C3CCCN(CC4CC4)C3)cc2cn1.O=C(c1cc2ccccc2s1)C1CCCN(CC2CC2)C1. The van der Waals surface area contributed by atoms with Gasteiger partial charge in [-0.15, -0.1) is 11.3 Å². The fraction of sp³-hybridized carbons (Fsp3) is 0.500. The molecular formula is C38H45N3O3S. The van der Waals surface area contributed by atoms with Gasteiger partial charge in [-0.1, -0.05) is 30.3 Å². The lowest BCUT2D eigenvalue weighted by Gasteiger charge is -2.32. The molecule has 4 aromatic rings. The van der Waals surface area contributed by atoms with Crippen molar-refractivity contribution in [3.63, 3.8) is 0 Å². The van der Waals surface area contributed by atoms with E-state index >= 15 is 0 Å². The van der Waals surface area contributed by atoms with E-state index in [1.807, 2.05) is 36.4 Å². The number of ketones is 2. The predicted molar refractivity (Wildman–Crippen MR) is 183 cm³/mol. The van der Waals surface area contributed by atoms with E-state index in [0.717, 1.165) is 71.9 Å². The number of hydrogen-bond acceptors (Lipinski definition) is 7. The maximum atomic E-state index is 12.9. The van der Waals surface area contributed by atoms with Crippen LogP contribution < -0.4 is 4.74 Å². The third-order valence-corrected chi connectivity index (χ3v) is 11.2. The molecule has 2 atom stereocenters. The van der Waals surface area contributed by atoms with E-state index < -0.39 is 0 Å². The van der Waals surface area contributed by atoms with Gasteiger partial charge in [0.2, 0.25) is 5.88 Å². The van der Waals surface area contributed by atoms with Crippen LogP contribution in [0.5, 0.6) is 5.88 Å². The van der Waals surface area contributed by atoms with Crippen molar-refractivity contribution in [3.8, 4) is 5.88 Å². The van der Waals surface area contributed by atoms with Crippen molar-refractivity contribution in [3.05, 3.63) is 71.2 Å². The van der Waals surface area contributed by atoms with Gasteiger partial charge in [-0.25, -0.2) is 4.98 Å². The summed E-state index contributed by atoms with van der Waals surface area (Å²) in [5.41, 5.74) is 0.813. The molecule has 2 saturated carbocycles. The minimum Gasteiger partial charge on any atom is -0.481 e. The van der Waals surface area contributed by atoms with Crippen LogP contribution in [0, 0.1) is 23.7 Å². The van der Waals surface area contributed by atoms with E-state index in [4.69, 9.17) is 4.74 Å². The van der Waals surface area contributed by atoms with Gasteiger partial charge in [0.05, 0.1) is 12.0 Å². The Morgan fingerprint density at radius 1 is 0.778 bits per heavy atom. The maximum Gasteiger partial charge on any atom is 0.213 e. The number of carbonyl (C=O) groups excluding carboxylic acids is 2.